The van der Waals surface area contributed by atoms with Crippen LogP contribution in [0, 0.1) is 0 Å². The molecular formula is C16H12BrNO3. The molecule has 0 saturated heterocycles. The molecule has 0 fully saturated rings. The third-order valence-electron chi connectivity index (χ3n) is 3.64. The van der Waals surface area contributed by atoms with Crippen molar-refractivity contribution in [2.45, 2.75) is 12.3 Å². The van der Waals surface area contributed by atoms with Gasteiger partial charge in [0.2, 0.25) is 5.91 Å². The number of halogens is 1. The number of hydrogen-bond acceptors (Lipinski definition) is 2. The number of anilines is 1. The molecule has 0 aliphatic heterocycles. The number of carbonyl (C=O) groups excluding carboxylic acids is 1. The summed E-state index contributed by atoms with van der Waals surface area (Å²) in [5.41, 5.74) is 2.58. The molecule has 5 heteroatoms. The van der Waals surface area contributed by atoms with Crippen LogP contribution in [0.4, 0.5) is 5.69 Å². The van der Waals surface area contributed by atoms with Crippen molar-refractivity contribution in [1.82, 2.24) is 0 Å². The van der Waals surface area contributed by atoms with Gasteiger partial charge in [0.15, 0.2) is 0 Å². The predicted octanol–water partition coefficient (Wildman–Crippen LogP) is 3.43. The third-order valence-corrected chi connectivity index (χ3v) is 4.13. The van der Waals surface area contributed by atoms with Crippen molar-refractivity contribution in [3.8, 4) is 0 Å². The molecule has 1 aliphatic rings. The van der Waals surface area contributed by atoms with E-state index in [4.69, 9.17) is 0 Å². The highest BCUT2D eigenvalue weighted by Gasteiger charge is 2.32. The number of carboxylic acid groups (broad SMARTS) is 1. The first-order chi connectivity index (χ1) is 10.1. The zero-order valence-corrected chi connectivity index (χ0v) is 12.6. The van der Waals surface area contributed by atoms with Crippen molar-refractivity contribution in [2.75, 3.05) is 5.32 Å². The molecule has 4 nitrogen and oxygen atoms in total. The van der Waals surface area contributed by atoms with E-state index in [1.165, 1.54) is 11.6 Å². The highest BCUT2D eigenvalue weighted by Crippen LogP contribution is 2.36. The van der Waals surface area contributed by atoms with Gasteiger partial charge in [-0.2, -0.15) is 0 Å². The van der Waals surface area contributed by atoms with Crippen LogP contribution < -0.4 is 5.32 Å². The maximum absolute atomic E-state index is 12.3. The van der Waals surface area contributed by atoms with Gasteiger partial charge in [-0.25, -0.2) is 4.79 Å². The van der Waals surface area contributed by atoms with Gasteiger partial charge in [-0.3, -0.25) is 4.79 Å². The van der Waals surface area contributed by atoms with Crippen LogP contribution in [-0.4, -0.2) is 17.0 Å². The molecular weight excluding hydrogens is 334 g/mol. The summed E-state index contributed by atoms with van der Waals surface area (Å²) in [5.74, 6) is -1.44. The molecule has 1 unspecified atom stereocenters. The largest absolute Gasteiger partial charge is 0.478 e. The van der Waals surface area contributed by atoms with Gasteiger partial charge in [-0.05, 0) is 35.7 Å². The van der Waals surface area contributed by atoms with Crippen LogP contribution in [0.15, 0.2) is 46.9 Å². The van der Waals surface area contributed by atoms with Gasteiger partial charge in [0.25, 0.3) is 0 Å². The van der Waals surface area contributed by atoms with Gasteiger partial charge in [0.05, 0.1) is 17.2 Å². The molecule has 1 aliphatic carbocycles. The molecule has 2 N–H and O–H groups in total. The standard InChI is InChI=1S/C16H12BrNO3/c17-10-5-6-14(13(8-10)16(20)21)18-15(19)12-7-9-3-1-2-4-11(9)12/h1-6,8,12H,7H2,(H,18,19)(H,20,21). The third kappa shape index (κ3) is 2.56. The topological polar surface area (TPSA) is 66.4 Å². The molecule has 21 heavy (non-hydrogen) atoms. The first-order valence-corrected chi connectivity index (χ1v) is 7.27. The summed E-state index contributed by atoms with van der Waals surface area (Å²) in [4.78, 5) is 23.5. The van der Waals surface area contributed by atoms with Crippen LogP contribution in [0.2, 0.25) is 0 Å². The van der Waals surface area contributed by atoms with E-state index in [0.29, 0.717) is 16.6 Å². The molecule has 2 aromatic rings. The fourth-order valence-corrected chi connectivity index (χ4v) is 2.88. The number of fused-ring (bicyclic) bond motifs is 1. The molecule has 0 radical (unpaired) electrons. The molecule has 106 valence electrons. The van der Waals surface area contributed by atoms with E-state index < -0.39 is 5.97 Å². The van der Waals surface area contributed by atoms with Gasteiger partial charge in [-0.15, -0.1) is 0 Å². The van der Waals surface area contributed by atoms with Crippen LogP contribution in [0.1, 0.15) is 27.4 Å². The summed E-state index contributed by atoms with van der Waals surface area (Å²) < 4.78 is 0.659. The second-order valence-electron chi connectivity index (χ2n) is 4.94. The van der Waals surface area contributed by atoms with Gasteiger partial charge < -0.3 is 10.4 Å². The van der Waals surface area contributed by atoms with Crippen LogP contribution in [0.3, 0.4) is 0 Å². The van der Waals surface area contributed by atoms with Gasteiger partial charge in [0.1, 0.15) is 0 Å². The minimum atomic E-state index is -1.07. The van der Waals surface area contributed by atoms with Crippen molar-refractivity contribution in [3.63, 3.8) is 0 Å². The number of aromatic carboxylic acids is 1. The molecule has 0 bridgehead atoms. The van der Waals surface area contributed by atoms with Crippen LogP contribution >= 0.6 is 15.9 Å². The minimum Gasteiger partial charge on any atom is -0.478 e. The SMILES string of the molecule is O=C(O)c1cc(Br)ccc1NC(=O)C1Cc2ccccc21. The average Bonchev–Trinajstić information content (AvgIpc) is 2.42. The van der Waals surface area contributed by atoms with Crippen LogP contribution in [-0.2, 0) is 11.2 Å². The summed E-state index contributed by atoms with van der Waals surface area (Å²) in [7, 11) is 0. The Kier molecular flexibility index (Phi) is 3.51. The van der Waals surface area contributed by atoms with Gasteiger partial charge in [-0.1, -0.05) is 40.2 Å². The molecule has 0 heterocycles. The zero-order valence-electron chi connectivity index (χ0n) is 11.0. The Balaban J connectivity index is 1.82. The number of rotatable bonds is 3. The Labute approximate surface area is 129 Å². The lowest BCUT2D eigenvalue weighted by Crippen LogP contribution is -2.30. The number of nitrogens with one attached hydrogen (secondary N) is 1. The van der Waals surface area contributed by atoms with Crippen molar-refractivity contribution in [1.29, 1.82) is 0 Å². The van der Waals surface area contributed by atoms with E-state index in [-0.39, 0.29) is 17.4 Å². The van der Waals surface area contributed by atoms with E-state index in [1.54, 1.807) is 12.1 Å². The van der Waals surface area contributed by atoms with Crippen LogP contribution in [0.25, 0.3) is 0 Å². The van der Waals surface area contributed by atoms with Gasteiger partial charge in [0, 0.05) is 4.47 Å². The average molecular weight is 346 g/mol. The van der Waals surface area contributed by atoms with E-state index in [1.807, 2.05) is 24.3 Å². The monoisotopic (exact) mass is 345 g/mol. The van der Waals surface area contributed by atoms with Gasteiger partial charge >= 0.3 is 5.97 Å². The Hall–Kier alpha value is -2.14. The Morgan fingerprint density at radius 2 is 1.95 bits per heavy atom. The normalized spacial score (nSPS) is 15.8. The second kappa shape index (κ2) is 5.33. The first kappa shape index (κ1) is 13.8. The lowest BCUT2D eigenvalue weighted by atomic mass is 9.77. The molecule has 0 spiro atoms. The van der Waals surface area contributed by atoms with Crippen molar-refractivity contribution >= 4 is 33.5 Å². The molecule has 0 aromatic heterocycles. The fraction of sp³-hybridized carbons (Fsp3) is 0.125. The number of benzene rings is 2. The minimum absolute atomic E-state index is 0.0744. The van der Waals surface area contributed by atoms with E-state index >= 15 is 0 Å². The molecule has 1 amide bonds. The van der Waals surface area contributed by atoms with E-state index in [0.717, 1.165) is 5.56 Å². The number of hydrogen-bond donors (Lipinski definition) is 2. The Bertz CT molecular complexity index is 742. The predicted molar refractivity (Wildman–Crippen MR) is 82.6 cm³/mol. The van der Waals surface area contributed by atoms with Crippen LogP contribution in [0.5, 0.6) is 0 Å². The van der Waals surface area contributed by atoms with E-state index in [2.05, 4.69) is 21.2 Å². The summed E-state index contributed by atoms with van der Waals surface area (Å²) in [6.07, 6.45) is 0.695. The quantitative estimate of drug-likeness (QED) is 0.895. The second-order valence-corrected chi connectivity index (χ2v) is 5.86. The number of carboxylic acids is 1. The summed E-state index contributed by atoms with van der Waals surface area (Å²) in [6, 6.07) is 12.6. The Morgan fingerprint density at radius 1 is 1.19 bits per heavy atom. The Morgan fingerprint density at radius 3 is 2.67 bits per heavy atom. The molecule has 1 atom stereocenters. The van der Waals surface area contributed by atoms with Crippen molar-refractivity contribution in [3.05, 3.63) is 63.6 Å². The van der Waals surface area contributed by atoms with Crippen molar-refractivity contribution in [2.24, 2.45) is 0 Å². The molecule has 2 aromatic carbocycles. The molecule has 3 rings (SSSR count). The van der Waals surface area contributed by atoms with E-state index in [9.17, 15) is 14.7 Å². The highest BCUT2D eigenvalue weighted by atomic mass is 79.9. The lowest BCUT2D eigenvalue weighted by Gasteiger charge is -2.29. The van der Waals surface area contributed by atoms with Crippen molar-refractivity contribution < 1.29 is 14.7 Å². The highest BCUT2D eigenvalue weighted by molar-refractivity contribution is 9.10. The number of amides is 1. The molecule has 0 saturated carbocycles. The first-order valence-electron chi connectivity index (χ1n) is 6.48. The summed E-state index contributed by atoms with van der Waals surface area (Å²) in [5, 5.41) is 11.9. The summed E-state index contributed by atoms with van der Waals surface area (Å²) in [6.45, 7) is 0. The fourth-order valence-electron chi connectivity index (χ4n) is 2.52. The zero-order chi connectivity index (χ0) is 15.0. The maximum atomic E-state index is 12.3. The summed E-state index contributed by atoms with van der Waals surface area (Å²) >= 11 is 3.23. The number of carbonyl (C=O) groups is 2. The lowest BCUT2D eigenvalue weighted by molar-refractivity contribution is -0.118. The maximum Gasteiger partial charge on any atom is 0.337 e. The smallest absolute Gasteiger partial charge is 0.337 e.